The van der Waals surface area contributed by atoms with Crippen LogP contribution in [0.15, 0.2) is 11.6 Å². The van der Waals surface area contributed by atoms with Gasteiger partial charge in [0.15, 0.2) is 0 Å². The summed E-state index contributed by atoms with van der Waals surface area (Å²) in [5, 5.41) is 17.7. The van der Waals surface area contributed by atoms with Crippen molar-refractivity contribution in [2.75, 3.05) is 0 Å². The fourth-order valence-electron chi connectivity index (χ4n) is 2.62. The predicted molar refractivity (Wildman–Crippen MR) is 93.7 cm³/mol. The summed E-state index contributed by atoms with van der Waals surface area (Å²) < 4.78 is 0. The standard InChI is InChI=1S/C19H34O4/c1-2-3-4-11-14-17(19(22)23)15-12-9-7-5-6-8-10-13-16-18(20)21/h14H,2-13,15-16H2,1H3,(H,20,21)(H,22,23). The lowest BCUT2D eigenvalue weighted by Gasteiger charge is -2.04. The zero-order valence-corrected chi connectivity index (χ0v) is 14.7. The second-order valence-electron chi connectivity index (χ2n) is 6.25. The minimum atomic E-state index is -0.764. The normalized spacial score (nSPS) is 11.6. The molecule has 0 spiro atoms. The molecule has 0 atom stereocenters. The number of carboxylic acid groups (broad SMARTS) is 2. The van der Waals surface area contributed by atoms with E-state index in [9.17, 15) is 14.7 Å². The average Bonchev–Trinajstić information content (AvgIpc) is 2.50. The lowest BCUT2D eigenvalue weighted by Crippen LogP contribution is -2.00. The van der Waals surface area contributed by atoms with Crippen LogP contribution in [0.1, 0.15) is 96.8 Å². The molecule has 2 N–H and O–H groups in total. The summed E-state index contributed by atoms with van der Waals surface area (Å²) in [4.78, 5) is 21.5. The van der Waals surface area contributed by atoms with Crippen molar-refractivity contribution in [1.29, 1.82) is 0 Å². The highest BCUT2D eigenvalue weighted by Crippen LogP contribution is 2.15. The van der Waals surface area contributed by atoms with Crippen LogP contribution in [0.25, 0.3) is 0 Å². The molecule has 0 aromatic rings. The quantitative estimate of drug-likeness (QED) is 0.287. The van der Waals surface area contributed by atoms with Crippen LogP contribution in [-0.4, -0.2) is 22.2 Å². The zero-order chi connectivity index (χ0) is 17.3. The van der Waals surface area contributed by atoms with E-state index in [0.29, 0.717) is 12.0 Å². The summed E-state index contributed by atoms with van der Waals surface area (Å²) in [5.41, 5.74) is 0.578. The number of unbranched alkanes of at least 4 members (excludes halogenated alkanes) is 10. The maximum absolute atomic E-state index is 11.2. The minimum Gasteiger partial charge on any atom is -0.481 e. The van der Waals surface area contributed by atoms with Crippen LogP contribution < -0.4 is 0 Å². The van der Waals surface area contributed by atoms with E-state index < -0.39 is 11.9 Å². The summed E-state index contributed by atoms with van der Waals surface area (Å²) in [7, 11) is 0. The van der Waals surface area contributed by atoms with Gasteiger partial charge in [0.1, 0.15) is 0 Å². The Balaban J connectivity index is 3.56. The largest absolute Gasteiger partial charge is 0.481 e. The highest BCUT2D eigenvalue weighted by molar-refractivity contribution is 5.86. The van der Waals surface area contributed by atoms with Crippen LogP contribution in [0, 0.1) is 0 Å². The highest BCUT2D eigenvalue weighted by atomic mass is 16.4. The summed E-state index contributed by atoms with van der Waals surface area (Å²) in [5.74, 6) is -1.47. The zero-order valence-electron chi connectivity index (χ0n) is 14.7. The summed E-state index contributed by atoms with van der Waals surface area (Å²) in [6.45, 7) is 2.15. The molecule has 0 aliphatic carbocycles. The van der Waals surface area contributed by atoms with Gasteiger partial charge in [-0.25, -0.2) is 4.79 Å². The van der Waals surface area contributed by atoms with Crippen molar-refractivity contribution in [3.05, 3.63) is 11.6 Å². The molecule has 0 saturated heterocycles. The molecule has 0 fully saturated rings. The molecule has 0 bridgehead atoms. The Bertz CT molecular complexity index is 347. The molecule has 0 heterocycles. The van der Waals surface area contributed by atoms with Crippen molar-refractivity contribution in [2.45, 2.75) is 96.8 Å². The molecule has 0 aliphatic rings. The molecular formula is C19H34O4. The van der Waals surface area contributed by atoms with Crippen molar-refractivity contribution < 1.29 is 19.8 Å². The number of allylic oxidation sites excluding steroid dienone is 1. The lowest BCUT2D eigenvalue weighted by molar-refractivity contribution is -0.137. The Morgan fingerprint density at radius 3 is 1.74 bits per heavy atom. The number of hydrogen-bond donors (Lipinski definition) is 2. The third-order valence-electron chi connectivity index (χ3n) is 4.06. The molecule has 0 rings (SSSR count). The van der Waals surface area contributed by atoms with Crippen molar-refractivity contribution in [3.63, 3.8) is 0 Å². The monoisotopic (exact) mass is 326 g/mol. The number of hydrogen-bond acceptors (Lipinski definition) is 2. The van der Waals surface area contributed by atoms with E-state index in [1.165, 1.54) is 0 Å². The van der Waals surface area contributed by atoms with Crippen LogP contribution in [-0.2, 0) is 9.59 Å². The summed E-state index contributed by atoms with van der Waals surface area (Å²) in [6.07, 6.45) is 15.5. The third-order valence-corrected chi connectivity index (χ3v) is 4.06. The van der Waals surface area contributed by atoms with Gasteiger partial charge in [0, 0.05) is 12.0 Å². The molecule has 0 aliphatic heterocycles. The average molecular weight is 326 g/mol. The van der Waals surface area contributed by atoms with Gasteiger partial charge in [-0.3, -0.25) is 4.79 Å². The van der Waals surface area contributed by atoms with Gasteiger partial charge in [-0.15, -0.1) is 0 Å². The van der Waals surface area contributed by atoms with Crippen LogP contribution in [0.4, 0.5) is 0 Å². The van der Waals surface area contributed by atoms with Crippen molar-refractivity contribution in [1.82, 2.24) is 0 Å². The molecule has 0 saturated carbocycles. The summed E-state index contributed by atoms with van der Waals surface area (Å²) in [6, 6.07) is 0. The van der Waals surface area contributed by atoms with Crippen molar-refractivity contribution in [2.24, 2.45) is 0 Å². The van der Waals surface area contributed by atoms with Gasteiger partial charge in [0.2, 0.25) is 0 Å². The number of carboxylic acids is 2. The summed E-state index contributed by atoms with van der Waals surface area (Å²) >= 11 is 0. The molecule has 0 aromatic carbocycles. The van der Waals surface area contributed by atoms with Gasteiger partial charge < -0.3 is 10.2 Å². The predicted octanol–water partition coefficient (Wildman–Crippen LogP) is 5.56. The van der Waals surface area contributed by atoms with Crippen LogP contribution in [0.2, 0.25) is 0 Å². The molecule has 23 heavy (non-hydrogen) atoms. The number of rotatable bonds is 16. The molecule has 0 unspecified atom stereocenters. The van der Waals surface area contributed by atoms with Crippen LogP contribution >= 0.6 is 0 Å². The van der Waals surface area contributed by atoms with Crippen molar-refractivity contribution in [3.8, 4) is 0 Å². The van der Waals surface area contributed by atoms with E-state index in [1.807, 2.05) is 6.08 Å². The van der Waals surface area contributed by atoms with E-state index in [2.05, 4.69) is 6.92 Å². The van der Waals surface area contributed by atoms with Gasteiger partial charge >= 0.3 is 11.9 Å². The van der Waals surface area contributed by atoms with E-state index in [1.54, 1.807) is 0 Å². The second-order valence-corrected chi connectivity index (χ2v) is 6.25. The Morgan fingerprint density at radius 2 is 1.26 bits per heavy atom. The molecule has 4 nitrogen and oxygen atoms in total. The molecule has 134 valence electrons. The third kappa shape index (κ3) is 15.4. The van der Waals surface area contributed by atoms with Crippen LogP contribution in [0.3, 0.4) is 0 Å². The van der Waals surface area contributed by atoms with Gasteiger partial charge in [-0.05, 0) is 32.1 Å². The number of aliphatic carboxylic acids is 2. The van der Waals surface area contributed by atoms with Gasteiger partial charge in [0.05, 0.1) is 0 Å². The Morgan fingerprint density at radius 1 is 0.739 bits per heavy atom. The SMILES string of the molecule is CCCCCC=C(CCCCCCCCCCC(=O)O)C(=O)O. The highest BCUT2D eigenvalue weighted by Gasteiger charge is 2.06. The molecule has 0 radical (unpaired) electrons. The molecule has 4 heteroatoms. The van der Waals surface area contributed by atoms with E-state index in [-0.39, 0.29) is 6.42 Å². The first kappa shape index (κ1) is 21.7. The first-order chi connectivity index (χ1) is 11.1. The maximum atomic E-state index is 11.2. The van der Waals surface area contributed by atoms with Crippen LogP contribution in [0.5, 0.6) is 0 Å². The van der Waals surface area contributed by atoms with E-state index in [0.717, 1.165) is 77.0 Å². The van der Waals surface area contributed by atoms with E-state index in [4.69, 9.17) is 5.11 Å². The van der Waals surface area contributed by atoms with Crippen molar-refractivity contribution >= 4 is 11.9 Å². The molecule has 0 aromatic heterocycles. The van der Waals surface area contributed by atoms with Gasteiger partial charge in [0.25, 0.3) is 0 Å². The Hall–Kier alpha value is -1.32. The molecule has 0 amide bonds. The smallest absolute Gasteiger partial charge is 0.331 e. The number of carbonyl (C=O) groups is 2. The minimum absolute atomic E-state index is 0.280. The Kier molecular flexibility index (Phi) is 14.7. The lowest BCUT2D eigenvalue weighted by atomic mass is 10.0. The fourth-order valence-corrected chi connectivity index (χ4v) is 2.62. The fraction of sp³-hybridized carbons (Fsp3) is 0.789. The Labute approximate surface area is 141 Å². The second kappa shape index (κ2) is 15.6. The maximum Gasteiger partial charge on any atom is 0.331 e. The first-order valence-corrected chi connectivity index (χ1v) is 9.22. The van der Waals surface area contributed by atoms with E-state index >= 15 is 0 Å². The molecular weight excluding hydrogens is 292 g/mol. The van der Waals surface area contributed by atoms with Gasteiger partial charge in [-0.2, -0.15) is 0 Å². The topological polar surface area (TPSA) is 74.6 Å². The first-order valence-electron chi connectivity index (χ1n) is 9.22. The van der Waals surface area contributed by atoms with Gasteiger partial charge in [-0.1, -0.05) is 64.4 Å².